The lowest BCUT2D eigenvalue weighted by Gasteiger charge is -2.04. The van der Waals surface area contributed by atoms with Gasteiger partial charge in [0.25, 0.3) is 0 Å². The van der Waals surface area contributed by atoms with Gasteiger partial charge in [0.1, 0.15) is 6.07 Å². The van der Waals surface area contributed by atoms with Crippen LogP contribution in [0, 0.1) is 11.3 Å². The highest BCUT2D eigenvalue weighted by Gasteiger charge is 2.06. The van der Waals surface area contributed by atoms with Crippen molar-refractivity contribution in [2.75, 3.05) is 7.11 Å². The number of aromatic amines is 1. The van der Waals surface area contributed by atoms with Gasteiger partial charge >= 0.3 is 0 Å². The number of aliphatic imine (C=N–C) groups is 1. The molecule has 1 aromatic rings. The minimum Gasteiger partial charge on any atom is -0.484 e. The summed E-state index contributed by atoms with van der Waals surface area (Å²) in [4.78, 5) is 11.0. The van der Waals surface area contributed by atoms with Gasteiger partial charge in [0.2, 0.25) is 0 Å². The van der Waals surface area contributed by atoms with Crippen molar-refractivity contribution in [2.24, 2.45) is 4.99 Å². The topological polar surface area (TPSA) is 74.1 Å². The third kappa shape index (κ3) is 5.56. The van der Waals surface area contributed by atoms with Crippen LogP contribution < -0.4 is 0 Å². The molecule has 0 aliphatic carbocycles. The van der Waals surface area contributed by atoms with E-state index in [-0.39, 0.29) is 0 Å². The average molecular weight is 262 g/mol. The maximum Gasteiger partial charge on any atom is 0.191 e. The Morgan fingerprint density at radius 3 is 2.79 bits per heavy atom. The van der Waals surface area contributed by atoms with Gasteiger partial charge in [-0.15, -0.1) is 0 Å². The Labute approximate surface area is 114 Å². The molecule has 0 saturated heterocycles. The van der Waals surface area contributed by atoms with Gasteiger partial charge in [-0.3, -0.25) is 0 Å². The normalized spacial score (nSPS) is 11.3. The molecule has 1 N–H and O–H groups in total. The molecule has 0 aliphatic rings. The van der Waals surface area contributed by atoms with E-state index in [9.17, 15) is 0 Å². The van der Waals surface area contributed by atoms with Crippen molar-refractivity contribution in [3.05, 3.63) is 12.0 Å². The van der Waals surface area contributed by atoms with Crippen molar-refractivity contribution in [3.8, 4) is 6.07 Å². The van der Waals surface area contributed by atoms with E-state index in [1.807, 2.05) is 6.07 Å². The van der Waals surface area contributed by atoms with Crippen molar-refractivity contribution in [1.29, 1.82) is 5.26 Å². The quantitative estimate of drug-likeness (QED) is 0.441. The van der Waals surface area contributed by atoms with Gasteiger partial charge in [-0.2, -0.15) is 10.3 Å². The van der Waals surface area contributed by atoms with E-state index in [0.717, 1.165) is 12.8 Å². The molecular formula is C14H22N4O. The molecule has 0 amide bonds. The van der Waals surface area contributed by atoms with Crippen molar-refractivity contribution < 1.29 is 4.74 Å². The summed E-state index contributed by atoms with van der Waals surface area (Å²) in [5.41, 5.74) is 0.373. The lowest BCUT2D eigenvalue weighted by atomic mass is 10.1. The Morgan fingerprint density at radius 1 is 1.37 bits per heavy atom. The monoisotopic (exact) mass is 262 g/mol. The van der Waals surface area contributed by atoms with E-state index < -0.39 is 0 Å². The second kappa shape index (κ2) is 9.15. The molecule has 0 saturated carbocycles. The van der Waals surface area contributed by atoms with Gasteiger partial charge in [0.05, 0.1) is 13.4 Å². The maximum absolute atomic E-state index is 8.86. The second-order valence-corrected chi connectivity index (χ2v) is 4.44. The molecular weight excluding hydrogens is 240 g/mol. The molecule has 0 atom stereocenters. The molecule has 0 unspecified atom stereocenters. The van der Waals surface area contributed by atoms with Crippen molar-refractivity contribution >= 4 is 11.7 Å². The van der Waals surface area contributed by atoms with Gasteiger partial charge < -0.3 is 9.72 Å². The Morgan fingerprint density at radius 2 is 2.11 bits per heavy atom. The molecule has 0 bridgehead atoms. The van der Waals surface area contributed by atoms with Crippen LogP contribution in [0.25, 0.3) is 0 Å². The molecule has 5 heteroatoms. The van der Waals surface area contributed by atoms with Gasteiger partial charge in [-0.1, -0.05) is 39.0 Å². The van der Waals surface area contributed by atoms with E-state index in [1.165, 1.54) is 38.4 Å². The number of H-pyrrole nitrogens is 1. The summed E-state index contributed by atoms with van der Waals surface area (Å²) >= 11 is 0. The molecule has 0 aliphatic heterocycles. The lowest BCUT2D eigenvalue weighted by Crippen LogP contribution is -2.01. The zero-order chi connectivity index (χ0) is 13.9. The number of nitrogens with zero attached hydrogens (tertiary/aromatic N) is 3. The number of unbranched alkanes of at least 4 members (excludes halogenated alkanes) is 5. The van der Waals surface area contributed by atoms with Gasteiger partial charge in [0.15, 0.2) is 17.4 Å². The molecule has 19 heavy (non-hydrogen) atoms. The van der Waals surface area contributed by atoms with Crippen molar-refractivity contribution in [1.82, 2.24) is 9.97 Å². The van der Waals surface area contributed by atoms with Crippen LogP contribution >= 0.6 is 0 Å². The van der Waals surface area contributed by atoms with Crippen LogP contribution in [0.5, 0.6) is 0 Å². The van der Waals surface area contributed by atoms with E-state index in [2.05, 4.69) is 21.9 Å². The number of aromatic nitrogens is 2. The second-order valence-electron chi connectivity index (χ2n) is 4.44. The van der Waals surface area contributed by atoms with Crippen LogP contribution in [0.2, 0.25) is 0 Å². The highest BCUT2D eigenvalue weighted by Crippen LogP contribution is 2.15. The summed E-state index contributed by atoms with van der Waals surface area (Å²) in [5.74, 6) is 1.05. The fourth-order valence-electron chi connectivity index (χ4n) is 1.83. The third-order valence-electron chi connectivity index (χ3n) is 2.94. The zero-order valence-corrected chi connectivity index (χ0v) is 11.8. The molecule has 0 radical (unpaired) electrons. The molecule has 0 aromatic carbocycles. The Bertz CT molecular complexity index is 431. The minimum atomic E-state index is 0.373. The number of nitriles is 1. The van der Waals surface area contributed by atoms with Crippen molar-refractivity contribution in [2.45, 2.75) is 51.9 Å². The standard InChI is InChI=1S/C14H22N4O/c1-3-4-5-6-7-8-9-13(19-2)18-14-12(10-15)16-11-17-14/h11H,3-9H2,1-2H3,(H,16,17). The lowest BCUT2D eigenvalue weighted by molar-refractivity contribution is 0.387. The molecule has 0 spiro atoms. The SMILES string of the molecule is CCCCCCCCC(=Nc1nc[nH]c1C#N)OC. The summed E-state index contributed by atoms with van der Waals surface area (Å²) < 4.78 is 5.24. The first-order valence-electron chi connectivity index (χ1n) is 6.86. The van der Waals surface area contributed by atoms with Crippen molar-refractivity contribution in [3.63, 3.8) is 0 Å². The summed E-state index contributed by atoms with van der Waals surface area (Å²) in [6, 6.07) is 2.01. The van der Waals surface area contributed by atoms with Crippen LogP contribution in [-0.2, 0) is 4.74 Å². The van der Waals surface area contributed by atoms with E-state index in [1.54, 1.807) is 7.11 Å². The predicted molar refractivity (Wildman–Crippen MR) is 75.4 cm³/mol. The molecule has 0 fully saturated rings. The minimum absolute atomic E-state index is 0.373. The number of hydrogen-bond acceptors (Lipinski definition) is 4. The first-order chi connectivity index (χ1) is 9.31. The molecule has 1 rings (SSSR count). The fourth-order valence-corrected chi connectivity index (χ4v) is 1.83. The number of hydrogen-bond donors (Lipinski definition) is 1. The van der Waals surface area contributed by atoms with Crippen LogP contribution in [0.4, 0.5) is 5.82 Å². The Kier molecular flexibility index (Phi) is 7.33. The first-order valence-corrected chi connectivity index (χ1v) is 6.86. The van der Waals surface area contributed by atoms with E-state index in [0.29, 0.717) is 17.4 Å². The smallest absolute Gasteiger partial charge is 0.191 e. The van der Waals surface area contributed by atoms with Gasteiger partial charge in [-0.05, 0) is 6.42 Å². The summed E-state index contributed by atoms with van der Waals surface area (Å²) in [6.07, 6.45) is 9.64. The van der Waals surface area contributed by atoms with Crippen LogP contribution in [-0.4, -0.2) is 23.0 Å². The number of nitrogens with one attached hydrogen (secondary N) is 1. The van der Waals surface area contributed by atoms with E-state index >= 15 is 0 Å². The van der Waals surface area contributed by atoms with Gasteiger partial charge in [-0.25, -0.2) is 4.98 Å². The summed E-state index contributed by atoms with van der Waals surface area (Å²) in [6.45, 7) is 2.21. The molecule has 1 heterocycles. The number of ether oxygens (including phenoxy) is 1. The largest absolute Gasteiger partial charge is 0.484 e. The first kappa shape index (κ1) is 15.2. The van der Waals surface area contributed by atoms with Gasteiger partial charge in [0, 0.05) is 6.42 Å². The van der Waals surface area contributed by atoms with Crippen LogP contribution in [0.1, 0.15) is 57.6 Å². The summed E-state index contributed by atoms with van der Waals surface area (Å²) in [5, 5.41) is 8.86. The molecule has 104 valence electrons. The zero-order valence-electron chi connectivity index (χ0n) is 11.8. The molecule has 1 aromatic heterocycles. The fraction of sp³-hybridized carbons (Fsp3) is 0.643. The van der Waals surface area contributed by atoms with E-state index in [4.69, 9.17) is 10.00 Å². The molecule has 5 nitrogen and oxygen atoms in total. The number of methoxy groups -OCH3 is 1. The maximum atomic E-state index is 8.86. The summed E-state index contributed by atoms with van der Waals surface area (Å²) in [7, 11) is 1.61. The number of imidazole rings is 1. The predicted octanol–water partition coefficient (Wildman–Crippen LogP) is 3.71. The highest BCUT2D eigenvalue weighted by atomic mass is 16.5. The third-order valence-corrected chi connectivity index (χ3v) is 2.94. The Balaban J connectivity index is 2.39. The van der Waals surface area contributed by atoms with Crippen LogP contribution in [0.3, 0.4) is 0 Å². The van der Waals surface area contributed by atoms with Crippen LogP contribution in [0.15, 0.2) is 11.3 Å². The highest BCUT2D eigenvalue weighted by molar-refractivity contribution is 5.79. The number of rotatable bonds is 8. The average Bonchev–Trinajstić information content (AvgIpc) is 2.88. The Hall–Kier alpha value is -1.83.